The Bertz CT molecular complexity index is 392. The zero-order valence-corrected chi connectivity index (χ0v) is 11.7. The molecule has 0 spiro atoms. The molecule has 0 aromatic carbocycles. The third kappa shape index (κ3) is 3.45. The Morgan fingerprint density at radius 1 is 1.22 bits per heavy atom. The summed E-state index contributed by atoms with van der Waals surface area (Å²) in [7, 11) is 0. The van der Waals surface area contributed by atoms with Crippen molar-refractivity contribution in [2.75, 3.05) is 23.3 Å². The average molecular weight is 270 g/mol. The van der Waals surface area contributed by atoms with E-state index in [1.165, 1.54) is 19.3 Å². The third-order valence-corrected chi connectivity index (χ3v) is 3.39. The first-order chi connectivity index (χ1) is 8.69. The predicted molar refractivity (Wildman–Crippen MR) is 74.3 cm³/mol. The fourth-order valence-electron chi connectivity index (χ4n) is 1.96. The average Bonchev–Trinajstić information content (AvgIpc) is 2.39. The van der Waals surface area contributed by atoms with Crippen LogP contribution in [0, 0.1) is 0 Å². The van der Waals surface area contributed by atoms with Gasteiger partial charge in [0.05, 0.1) is 0 Å². The number of hydrogen-bond donors (Lipinski definition) is 1. The summed E-state index contributed by atoms with van der Waals surface area (Å²) in [6.45, 7) is 6.22. The van der Waals surface area contributed by atoms with Gasteiger partial charge in [-0.15, -0.1) is 0 Å². The molecule has 0 saturated carbocycles. The molecular formula is C12H20ClN5. The molecule has 1 aromatic heterocycles. The second-order valence-electron chi connectivity index (χ2n) is 4.73. The minimum absolute atomic E-state index is 0.261. The van der Waals surface area contributed by atoms with Gasteiger partial charge in [-0.3, -0.25) is 0 Å². The Morgan fingerprint density at radius 3 is 2.61 bits per heavy atom. The molecule has 1 fully saturated rings. The van der Waals surface area contributed by atoms with E-state index in [2.05, 4.69) is 39.0 Å². The standard InChI is InChI=1S/C12H20ClN5/c1-3-9(2)14-11-15-10(13)16-12(17-11)18-7-5-4-6-8-18/h9H,3-8H2,1-2H3,(H,14,15,16,17). The Labute approximate surface area is 113 Å². The highest BCUT2D eigenvalue weighted by Gasteiger charge is 2.16. The van der Waals surface area contributed by atoms with Crippen molar-refractivity contribution >= 4 is 23.5 Å². The van der Waals surface area contributed by atoms with E-state index >= 15 is 0 Å². The van der Waals surface area contributed by atoms with Crippen LogP contribution in [0.15, 0.2) is 0 Å². The van der Waals surface area contributed by atoms with Crippen LogP contribution in [-0.2, 0) is 0 Å². The molecule has 1 aliphatic heterocycles. The van der Waals surface area contributed by atoms with E-state index in [0.717, 1.165) is 19.5 Å². The monoisotopic (exact) mass is 269 g/mol. The molecule has 0 amide bonds. The van der Waals surface area contributed by atoms with Crippen molar-refractivity contribution in [2.45, 2.75) is 45.6 Å². The molecular weight excluding hydrogens is 250 g/mol. The van der Waals surface area contributed by atoms with E-state index in [-0.39, 0.29) is 5.28 Å². The van der Waals surface area contributed by atoms with Crippen molar-refractivity contribution in [3.8, 4) is 0 Å². The Hall–Kier alpha value is -1.10. The van der Waals surface area contributed by atoms with Gasteiger partial charge in [-0.05, 0) is 44.2 Å². The maximum Gasteiger partial charge on any atom is 0.231 e. The van der Waals surface area contributed by atoms with Gasteiger partial charge in [-0.1, -0.05) is 6.92 Å². The number of halogens is 1. The number of rotatable bonds is 4. The summed E-state index contributed by atoms with van der Waals surface area (Å²) in [6.07, 6.45) is 4.69. The highest BCUT2D eigenvalue weighted by Crippen LogP contribution is 2.18. The van der Waals surface area contributed by atoms with Crippen molar-refractivity contribution in [3.63, 3.8) is 0 Å². The Balaban J connectivity index is 2.14. The second-order valence-corrected chi connectivity index (χ2v) is 5.07. The highest BCUT2D eigenvalue weighted by atomic mass is 35.5. The van der Waals surface area contributed by atoms with Crippen LogP contribution in [0.25, 0.3) is 0 Å². The fraction of sp³-hybridized carbons (Fsp3) is 0.750. The van der Waals surface area contributed by atoms with Crippen LogP contribution in [-0.4, -0.2) is 34.1 Å². The van der Waals surface area contributed by atoms with Crippen molar-refractivity contribution in [1.29, 1.82) is 0 Å². The molecule has 5 nitrogen and oxygen atoms in total. The summed E-state index contributed by atoms with van der Waals surface area (Å²) in [5, 5.41) is 3.50. The van der Waals surface area contributed by atoms with Crippen molar-refractivity contribution in [3.05, 3.63) is 5.28 Å². The van der Waals surface area contributed by atoms with Gasteiger partial charge in [0.1, 0.15) is 0 Å². The predicted octanol–water partition coefficient (Wildman–Crippen LogP) is 2.73. The normalized spacial score (nSPS) is 17.6. The van der Waals surface area contributed by atoms with E-state index in [4.69, 9.17) is 11.6 Å². The summed E-state index contributed by atoms with van der Waals surface area (Å²) in [6, 6.07) is 0.331. The van der Waals surface area contributed by atoms with E-state index in [1.807, 2.05) is 0 Å². The molecule has 100 valence electrons. The molecule has 6 heteroatoms. The maximum absolute atomic E-state index is 5.97. The summed E-state index contributed by atoms with van der Waals surface area (Å²) >= 11 is 5.97. The maximum atomic E-state index is 5.97. The number of anilines is 2. The lowest BCUT2D eigenvalue weighted by Crippen LogP contribution is -2.31. The number of aromatic nitrogens is 3. The minimum Gasteiger partial charge on any atom is -0.352 e. The molecule has 2 rings (SSSR count). The van der Waals surface area contributed by atoms with Crippen LogP contribution in [0.2, 0.25) is 5.28 Å². The molecule has 1 saturated heterocycles. The lowest BCUT2D eigenvalue weighted by Gasteiger charge is -2.26. The zero-order chi connectivity index (χ0) is 13.0. The third-order valence-electron chi connectivity index (χ3n) is 3.22. The zero-order valence-electron chi connectivity index (χ0n) is 11.0. The molecule has 1 atom stereocenters. The first-order valence-electron chi connectivity index (χ1n) is 6.62. The molecule has 18 heavy (non-hydrogen) atoms. The van der Waals surface area contributed by atoms with Crippen molar-refractivity contribution in [2.24, 2.45) is 0 Å². The summed E-state index contributed by atoms with van der Waals surface area (Å²) in [4.78, 5) is 15.0. The van der Waals surface area contributed by atoms with Crippen LogP contribution in [0.5, 0.6) is 0 Å². The topological polar surface area (TPSA) is 53.9 Å². The van der Waals surface area contributed by atoms with Crippen LogP contribution >= 0.6 is 11.6 Å². The number of piperidine rings is 1. The SMILES string of the molecule is CCC(C)Nc1nc(Cl)nc(N2CCCCC2)n1. The highest BCUT2D eigenvalue weighted by molar-refractivity contribution is 6.28. The lowest BCUT2D eigenvalue weighted by molar-refractivity contribution is 0.567. The molecule has 1 N–H and O–H groups in total. The van der Waals surface area contributed by atoms with Gasteiger partial charge in [0, 0.05) is 19.1 Å². The summed E-state index contributed by atoms with van der Waals surface area (Å²) in [5.74, 6) is 1.27. The Morgan fingerprint density at radius 2 is 1.94 bits per heavy atom. The smallest absolute Gasteiger partial charge is 0.231 e. The molecule has 1 aliphatic rings. The van der Waals surface area contributed by atoms with Gasteiger partial charge >= 0.3 is 0 Å². The van der Waals surface area contributed by atoms with Crippen LogP contribution in [0.1, 0.15) is 39.5 Å². The van der Waals surface area contributed by atoms with Gasteiger partial charge in [0.2, 0.25) is 17.2 Å². The summed E-state index contributed by atoms with van der Waals surface area (Å²) in [5.41, 5.74) is 0. The fourth-order valence-corrected chi connectivity index (χ4v) is 2.12. The van der Waals surface area contributed by atoms with E-state index in [0.29, 0.717) is 17.9 Å². The molecule has 0 aliphatic carbocycles. The largest absolute Gasteiger partial charge is 0.352 e. The second kappa shape index (κ2) is 6.18. The van der Waals surface area contributed by atoms with Crippen molar-refractivity contribution < 1.29 is 0 Å². The van der Waals surface area contributed by atoms with Crippen molar-refractivity contribution in [1.82, 2.24) is 15.0 Å². The van der Waals surface area contributed by atoms with Gasteiger partial charge in [0.25, 0.3) is 0 Å². The molecule has 1 unspecified atom stereocenters. The first-order valence-corrected chi connectivity index (χ1v) is 7.00. The number of hydrogen-bond acceptors (Lipinski definition) is 5. The first kappa shape index (κ1) is 13.3. The number of nitrogens with one attached hydrogen (secondary N) is 1. The van der Waals surface area contributed by atoms with E-state index in [9.17, 15) is 0 Å². The van der Waals surface area contributed by atoms with Crippen LogP contribution in [0.3, 0.4) is 0 Å². The molecule has 0 bridgehead atoms. The van der Waals surface area contributed by atoms with Crippen LogP contribution in [0.4, 0.5) is 11.9 Å². The summed E-state index contributed by atoms with van der Waals surface area (Å²) < 4.78 is 0. The van der Waals surface area contributed by atoms with E-state index in [1.54, 1.807) is 0 Å². The lowest BCUT2D eigenvalue weighted by atomic mass is 10.1. The van der Waals surface area contributed by atoms with Crippen LogP contribution < -0.4 is 10.2 Å². The van der Waals surface area contributed by atoms with Gasteiger partial charge in [-0.25, -0.2) is 0 Å². The molecule has 2 heterocycles. The quantitative estimate of drug-likeness (QED) is 0.911. The molecule has 0 radical (unpaired) electrons. The van der Waals surface area contributed by atoms with Gasteiger partial charge in [-0.2, -0.15) is 15.0 Å². The Kier molecular flexibility index (Phi) is 4.58. The number of nitrogens with zero attached hydrogens (tertiary/aromatic N) is 4. The van der Waals surface area contributed by atoms with Gasteiger partial charge < -0.3 is 10.2 Å². The van der Waals surface area contributed by atoms with Gasteiger partial charge in [0.15, 0.2) is 0 Å². The molecule has 1 aromatic rings. The van der Waals surface area contributed by atoms with E-state index < -0.39 is 0 Å². The minimum atomic E-state index is 0.261.